The Hall–Kier alpha value is -1.64. The molecule has 0 aromatic heterocycles. The Bertz CT molecular complexity index is 758. The van der Waals surface area contributed by atoms with Crippen molar-refractivity contribution in [2.24, 2.45) is 0 Å². The van der Waals surface area contributed by atoms with E-state index in [2.05, 4.69) is 22.6 Å². The number of alkyl halides is 1. The van der Waals surface area contributed by atoms with Gasteiger partial charge in [-0.25, -0.2) is 4.79 Å². The smallest absolute Gasteiger partial charge is 0.410 e. The van der Waals surface area contributed by atoms with E-state index in [0.29, 0.717) is 6.54 Å². The van der Waals surface area contributed by atoms with Crippen molar-refractivity contribution in [3.63, 3.8) is 0 Å². The van der Waals surface area contributed by atoms with Crippen LogP contribution in [0.4, 0.5) is 4.79 Å². The molecule has 5 nitrogen and oxygen atoms in total. The van der Waals surface area contributed by atoms with Gasteiger partial charge in [-0.15, -0.1) is 0 Å². The van der Waals surface area contributed by atoms with E-state index in [-0.39, 0.29) is 28.8 Å². The first-order valence-corrected chi connectivity index (χ1v) is 11.3. The van der Waals surface area contributed by atoms with Crippen LogP contribution in [0.2, 0.25) is 0 Å². The number of benzene rings is 2. The van der Waals surface area contributed by atoms with Gasteiger partial charge in [0.25, 0.3) is 0 Å². The predicted octanol–water partition coefficient (Wildman–Crippen LogP) is 4.91. The lowest BCUT2D eigenvalue weighted by Crippen LogP contribution is -2.51. The zero-order valence-electron chi connectivity index (χ0n) is 16.6. The van der Waals surface area contributed by atoms with E-state index < -0.39 is 6.29 Å². The lowest BCUT2D eigenvalue weighted by molar-refractivity contribution is -0.173. The van der Waals surface area contributed by atoms with Crippen LogP contribution >= 0.6 is 22.6 Å². The second-order valence-corrected chi connectivity index (χ2v) is 8.89. The van der Waals surface area contributed by atoms with E-state index in [0.717, 1.165) is 30.4 Å². The third-order valence-electron chi connectivity index (χ3n) is 5.23. The molecule has 1 aliphatic rings. The summed E-state index contributed by atoms with van der Waals surface area (Å²) < 4.78 is 11.6. The van der Waals surface area contributed by atoms with Crippen LogP contribution in [0, 0.1) is 0 Å². The van der Waals surface area contributed by atoms with Crippen LogP contribution in [-0.4, -0.2) is 38.5 Å². The molecule has 2 aromatic carbocycles. The van der Waals surface area contributed by atoms with E-state index in [1.165, 1.54) is 0 Å². The van der Waals surface area contributed by atoms with Crippen LogP contribution in [0.5, 0.6) is 0 Å². The summed E-state index contributed by atoms with van der Waals surface area (Å²) in [6, 6.07) is 19.4. The summed E-state index contributed by atoms with van der Waals surface area (Å²) in [6.07, 6.45) is 1.01. The summed E-state index contributed by atoms with van der Waals surface area (Å²) in [5.41, 5.74) is 1.98. The van der Waals surface area contributed by atoms with Gasteiger partial charge in [-0.2, -0.15) is 0 Å². The maximum absolute atomic E-state index is 13.1. The molecule has 0 spiro atoms. The Kier molecular flexibility index (Phi) is 8.32. The number of carbonyl (C=O) groups is 1. The molecule has 0 aliphatic carbocycles. The van der Waals surface area contributed by atoms with Crippen molar-refractivity contribution in [3.8, 4) is 0 Å². The number of amides is 1. The predicted molar refractivity (Wildman–Crippen MR) is 121 cm³/mol. The fraction of sp³-hybridized carbons (Fsp3) is 0.435. The molecule has 1 amide bonds. The molecule has 1 heterocycles. The molecule has 3 rings (SSSR count). The third-order valence-corrected chi connectivity index (χ3v) is 6.47. The molecular formula is C23H28INO4. The minimum absolute atomic E-state index is 0.0777. The highest BCUT2D eigenvalue weighted by atomic mass is 127. The highest BCUT2D eigenvalue weighted by Gasteiger charge is 2.37. The zero-order chi connectivity index (χ0) is 20.6. The molecule has 2 aromatic rings. The molecule has 1 N–H and O–H groups in total. The average Bonchev–Trinajstić information content (AvgIpc) is 2.75. The first kappa shape index (κ1) is 22.1. The molecule has 1 saturated heterocycles. The van der Waals surface area contributed by atoms with E-state index in [1.54, 1.807) is 4.90 Å². The zero-order valence-corrected chi connectivity index (χ0v) is 18.8. The summed E-state index contributed by atoms with van der Waals surface area (Å²) in [5.74, 6) is 0. The first-order chi connectivity index (χ1) is 14.1. The van der Waals surface area contributed by atoms with Crippen molar-refractivity contribution in [1.82, 2.24) is 4.90 Å². The van der Waals surface area contributed by atoms with E-state index in [9.17, 15) is 9.90 Å². The maximum Gasteiger partial charge on any atom is 0.410 e. The maximum atomic E-state index is 13.1. The molecule has 1 fully saturated rings. The van der Waals surface area contributed by atoms with E-state index in [4.69, 9.17) is 9.47 Å². The number of hydrogen-bond acceptors (Lipinski definition) is 4. The lowest BCUT2D eigenvalue weighted by atomic mass is 9.98. The summed E-state index contributed by atoms with van der Waals surface area (Å²) in [6.45, 7) is 2.71. The molecule has 29 heavy (non-hydrogen) atoms. The molecule has 156 valence electrons. The minimum atomic E-state index is -0.803. The van der Waals surface area contributed by atoms with Gasteiger partial charge in [-0.1, -0.05) is 90.2 Å². The second kappa shape index (κ2) is 10.9. The fourth-order valence-electron chi connectivity index (χ4n) is 3.67. The summed E-state index contributed by atoms with van der Waals surface area (Å²) in [7, 11) is 0. The van der Waals surface area contributed by atoms with Crippen LogP contribution in [-0.2, 0) is 22.6 Å². The summed E-state index contributed by atoms with van der Waals surface area (Å²) >= 11 is 2.22. The number of rotatable bonds is 7. The number of hydrogen-bond donors (Lipinski definition) is 1. The lowest BCUT2D eigenvalue weighted by Gasteiger charge is -2.40. The van der Waals surface area contributed by atoms with Gasteiger partial charge in [0.05, 0.1) is 16.1 Å². The van der Waals surface area contributed by atoms with Crippen molar-refractivity contribution in [1.29, 1.82) is 0 Å². The van der Waals surface area contributed by atoms with Gasteiger partial charge in [0.15, 0.2) is 6.29 Å². The van der Waals surface area contributed by atoms with Gasteiger partial charge in [-0.05, 0) is 30.4 Å². The molecule has 6 heteroatoms. The van der Waals surface area contributed by atoms with Gasteiger partial charge in [0, 0.05) is 6.54 Å². The topological polar surface area (TPSA) is 59.0 Å². The number of aliphatic hydroxyl groups is 1. The monoisotopic (exact) mass is 509 g/mol. The SMILES string of the molecule is CC[C@@H]([C@@H]1CCC(I)C(O)O1)N(Cc1ccccc1)C(=O)OCc1ccccc1. The van der Waals surface area contributed by atoms with Crippen molar-refractivity contribution in [2.75, 3.05) is 0 Å². The highest BCUT2D eigenvalue weighted by molar-refractivity contribution is 14.1. The Labute approximate surface area is 186 Å². The standard InChI is InChI=1S/C23H28INO4/c1-2-20(21-14-13-19(24)22(26)29-21)25(15-17-9-5-3-6-10-17)23(27)28-16-18-11-7-4-8-12-18/h3-12,19-22,26H,2,13-16H2,1H3/t19?,20-,21-,22?/m0/s1. The van der Waals surface area contributed by atoms with Crippen molar-refractivity contribution in [3.05, 3.63) is 71.8 Å². The van der Waals surface area contributed by atoms with Gasteiger partial charge in [-0.3, -0.25) is 4.90 Å². The number of aliphatic hydroxyl groups excluding tert-OH is 1. The van der Waals surface area contributed by atoms with Crippen LogP contribution in [0.25, 0.3) is 0 Å². The third kappa shape index (κ3) is 6.17. The molecule has 4 atom stereocenters. The quantitative estimate of drug-likeness (QED) is 0.426. The van der Waals surface area contributed by atoms with E-state index in [1.807, 2.05) is 67.6 Å². The Balaban J connectivity index is 1.76. The Morgan fingerprint density at radius 3 is 2.34 bits per heavy atom. The summed E-state index contributed by atoms with van der Waals surface area (Å²) in [4.78, 5) is 14.8. The number of halogens is 1. The van der Waals surface area contributed by atoms with Gasteiger partial charge < -0.3 is 14.6 Å². The Morgan fingerprint density at radius 2 is 1.76 bits per heavy atom. The number of nitrogens with zero attached hydrogens (tertiary/aromatic N) is 1. The number of ether oxygens (including phenoxy) is 2. The van der Waals surface area contributed by atoms with Crippen molar-refractivity contribution >= 4 is 28.7 Å². The summed E-state index contributed by atoms with van der Waals surface area (Å²) in [5, 5.41) is 10.2. The molecule has 0 radical (unpaired) electrons. The molecule has 2 unspecified atom stereocenters. The molecule has 0 bridgehead atoms. The normalized spacial score (nSPS) is 22.7. The van der Waals surface area contributed by atoms with Crippen molar-refractivity contribution in [2.45, 2.75) is 61.7 Å². The van der Waals surface area contributed by atoms with Crippen LogP contribution in [0.15, 0.2) is 60.7 Å². The average molecular weight is 509 g/mol. The van der Waals surface area contributed by atoms with Gasteiger partial charge in [0.1, 0.15) is 6.61 Å². The second-order valence-electron chi connectivity index (χ2n) is 7.29. The molecule has 1 aliphatic heterocycles. The first-order valence-electron chi connectivity index (χ1n) is 10.1. The van der Waals surface area contributed by atoms with Crippen LogP contribution in [0.1, 0.15) is 37.3 Å². The van der Waals surface area contributed by atoms with Gasteiger partial charge in [0.2, 0.25) is 0 Å². The van der Waals surface area contributed by atoms with Gasteiger partial charge >= 0.3 is 6.09 Å². The van der Waals surface area contributed by atoms with E-state index >= 15 is 0 Å². The fourth-order valence-corrected chi connectivity index (χ4v) is 4.19. The highest BCUT2D eigenvalue weighted by Crippen LogP contribution is 2.30. The number of carbonyl (C=O) groups excluding carboxylic acids is 1. The molecule has 0 saturated carbocycles. The largest absolute Gasteiger partial charge is 0.445 e. The Morgan fingerprint density at radius 1 is 1.14 bits per heavy atom. The molecular weight excluding hydrogens is 481 g/mol. The van der Waals surface area contributed by atoms with Crippen molar-refractivity contribution < 1.29 is 19.4 Å². The minimum Gasteiger partial charge on any atom is -0.445 e. The van der Waals surface area contributed by atoms with Crippen LogP contribution < -0.4 is 0 Å². The van der Waals surface area contributed by atoms with Crippen LogP contribution in [0.3, 0.4) is 0 Å².